The standard InChI is InChI=1S/C13H19BrN4O2/c1-17(2)11(19)5-6-15-10-7-16-18(8-9-3-4-9)13(20)12(10)14/h7,9,15H,3-6,8H2,1-2H3. The Bertz CT molecular complexity index is 552. The van der Waals surface area contributed by atoms with Gasteiger partial charge in [-0.15, -0.1) is 0 Å². The van der Waals surface area contributed by atoms with E-state index in [4.69, 9.17) is 0 Å². The Morgan fingerprint density at radius 1 is 1.55 bits per heavy atom. The summed E-state index contributed by atoms with van der Waals surface area (Å²) in [5.41, 5.74) is 0.509. The molecule has 1 N–H and O–H groups in total. The van der Waals surface area contributed by atoms with Crippen molar-refractivity contribution in [1.29, 1.82) is 0 Å². The van der Waals surface area contributed by atoms with Gasteiger partial charge in [-0.3, -0.25) is 9.59 Å². The van der Waals surface area contributed by atoms with Crippen molar-refractivity contribution in [3.63, 3.8) is 0 Å². The number of nitrogens with one attached hydrogen (secondary N) is 1. The van der Waals surface area contributed by atoms with Crippen LogP contribution in [0.4, 0.5) is 5.69 Å². The van der Waals surface area contributed by atoms with E-state index in [0.717, 1.165) is 0 Å². The topological polar surface area (TPSA) is 67.2 Å². The Labute approximate surface area is 126 Å². The van der Waals surface area contributed by atoms with E-state index in [0.29, 0.717) is 35.6 Å². The van der Waals surface area contributed by atoms with Gasteiger partial charge in [0.15, 0.2) is 0 Å². The van der Waals surface area contributed by atoms with Gasteiger partial charge in [-0.25, -0.2) is 4.68 Å². The Balaban J connectivity index is 1.96. The quantitative estimate of drug-likeness (QED) is 0.846. The highest BCUT2D eigenvalue weighted by Gasteiger charge is 2.23. The van der Waals surface area contributed by atoms with Crippen molar-refractivity contribution >= 4 is 27.5 Å². The lowest BCUT2D eigenvalue weighted by Crippen LogP contribution is -2.26. The summed E-state index contributed by atoms with van der Waals surface area (Å²) in [5.74, 6) is 0.646. The van der Waals surface area contributed by atoms with E-state index >= 15 is 0 Å². The maximum absolute atomic E-state index is 12.1. The zero-order chi connectivity index (χ0) is 14.7. The van der Waals surface area contributed by atoms with Gasteiger partial charge in [0.05, 0.1) is 11.9 Å². The first-order valence-corrected chi connectivity index (χ1v) is 7.48. The van der Waals surface area contributed by atoms with Crippen LogP contribution in [0, 0.1) is 5.92 Å². The number of nitrogens with zero attached hydrogens (tertiary/aromatic N) is 3. The lowest BCUT2D eigenvalue weighted by molar-refractivity contribution is -0.128. The van der Waals surface area contributed by atoms with Crippen LogP contribution in [0.15, 0.2) is 15.5 Å². The van der Waals surface area contributed by atoms with Gasteiger partial charge in [-0.2, -0.15) is 5.10 Å². The normalized spacial score (nSPS) is 14.2. The Morgan fingerprint density at radius 3 is 2.85 bits per heavy atom. The summed E-state index contributed by atoms with van der Waals surface area (Å²) in [6, 6.07) is 0. The number of aromatic nitrogens is 2. The number of carbonyl (C=O) groups excluding carboxylic acids is 1. The first kappa shape index (κ1) is 15.0. The molecule has 7 heteroatoms. The van der Waals surface area contributed by atoms with Crippen LogP contribution in [0.2, 0.25) is 0 Å². The summed E-state index contributed by atoms with van der Waals surface area (Å²) in [6.07, 6.45) is 4.37. The van der Waals surface area contributed by atoms with Crippen LogP contribution in [-0.4, -0.2) is 41.2 Å². The third-order valence-electron chi connectivity index (χ3n) is 3.27. The first-order chi connectivity index (χ1) is 9.49. The van der Waals surface area contributed by atoms with Crippen LogP contribution < -0.4 is 10.9 Å². The van der Waals surface area contributed by atoms with Gasteiger partial charge < -0.3 is 10.2 Å². The molecule has 1 aromatic heterocycles. The first-order valence-electron chi connectivity index (χ1n) is 6.68. The Morgan fingerprint density at radius 2 is 2.25 bits per heavy atom. The van der Waals surface area contributed by atoms with Gasteiger partial charge in [0.2, 0.25) is 5.91 Å². The van der Waals surface area contributed by atoms with E-state index in [9.17, 15) is 9.59 Å². The highest BCUT2D eigenvalue weighted by atomic mass is 79.9. The van der Waals surface area contributed by atoms with E-state index in [2.05, 4.69) is 26.3 Å². The number of anilines is 1. The molecule has 1 fully saturated rings. The minimum absolute atomic E-state index is 0.0451. The fourth-order valence-electron chi connectivity index (χ4n) is 1.79. The molecule has 1 amide bonds. The van der Waals surface area contributed by atoms with Crippen molar-refractivity contribution in [1.82, 2.24) is 14.7 Å². The van der Waals surface area contributed by atoms with Crippen LogP contribution >= 0.6 is 15.9 Å². The maximum Gasteiger partial charge on any atom is 0.283 e. The van der Waals surface area contributed by atoms with E-state index < -0.39 is 0 Å². The maximum atomic E-state index is 12.1. The van der Waals surface area contributed by atoms with Crippen molar-refractivity contribution in [2.24, 2.45) is 5.92 Å². The molecule has 1 heterocycles. The molecule has 1 saturated carbocycles. The molecule has 0 aliphatic heterocycles. The molecule has 1 aliphatic rings. The second-order valence-electron chi connectivity index (χ2n) is 5.27. The summed E-state index contributed by atoms with van der Waals surface area (Å²) in [7, 11) is 3.44. The van der Waals surface area contributed by atoms with Crippen LogP contribution in [0.5, 0.6) is 0 Å². The average Bonchev–Trinajstić information content (AvgIpc) is 3.21. The van der Waals surface area contributed by atoms with Crippen LogP contribution in [0.3, 0.4) is 0 Å². The minimum Gasteiger partial charge on any atom is -0.382 e. The van der Waals surface area contributed by atoms with Crippen LogP contribution in [0.25, 0.3) is 0 Å². The van der Waals surface area contributed by atoms with Crippen molar-refractivity contribution < 1.29 is 4.79 Å². The number of halogens is 1. The Hall–Kier alpha value is -1.37. The van der Waals surface area contributed by atoms with Crippen molar-refractivity contribution in [2.75, 3.05) is 26.0 Å². The molecule has 0 aromatic carbocycles. The molecule has 6 nitrogen and oxygen atoms in total. The van der Waals surface area contributed by atoms with Crippen molar-refractivity contribution in [3.05, 3.63) is 21.0 Å². The lowest BCUT2D eigenvalue weighted by Gasteiger charge is -2.12. The zero-order valence-electron chi connectivity index (χ0n) is 11.7. The SMILES string of the molecule is CN(C)C(=O)CCNc1cnn(CC2CC2)c(=O)c1Br. The fraction of sp³-hybridized carbons (Fsp3) is 0.615. The zero-order valence-corrected chi connectivity index (χ0v) is 13.3. The number of hydrogen-bond donors (Lipinski definition) is 1. The van der Waals surface area contributed by atoms with Gasteiger partial charge in [0.1, 0.15) is 4.47 Å². The molecule has 0 saturated heterocycles. The average molecular weight is 343 g/mol. The van der Waals surface area contributed by atoms with Crippen LogP contribution in [0.1, 0.15) is 19.3 Å². The third-order valence-corrected chi connectivity index (χ3v) is 4.03. The summed E-state index contributed by atoms with van der Waals surface area (Å²) in [4.78, 5) is 25.1. The van der Waals surface area contributed by atoms with E-state index in [1.165, 1.54) is 17.5 Å². The molecule has 0 unspecified atom stereocenters. The van der Waals surface area contributed by atoms with Gasteiger partial charge >= 0.3 is 0 Å². The summed E-state index contributed by atoms with van der Waals surface area (Å²) >= 11 is 3.31. The second-order valence-corrected chi connectivity index (χ2v) is 6.06. The molecule has 2 rings (SSSR count). The van der Waals surface area contributed by atoms with Crippen molar-refractivity contribution in [3.8, 4) is 0 Å². The van der Waals surface area contributed by atoms with Gasteiger partial charge in [-0.05, 0) is 34.7 Å². The molecular formula is C13H19BrN4O2. The molecule has 0 spiro atoms. The summed E-state index contributed by atoms with van der Waals surface area (Å²) in [6.45, 7) is 1.17. The van der Waals surface area contributed by atoms with Crippen LogP contribution in [-0.2, 0) is 11.3 Å². The Kier molecular flexibility index (Phi) is 4.80. The molecule has 110 valence electrons. The molecular weight excluding hydrogens is 324 g/mol. The highest BCUT2D eigenvalue weighted by molar-refractivity contribution is 9.10. The molecule has 0 bridgehead atoms. The van der Waals surface area contributed by atoms with E-state index in [1.54, 1.807) is 25.2 Å². The summed E-state index contributed by atoms with van der Waals surface area (Å²) in [5, 5.41) is 7.23. The predicted molar refractivity (Wildman–Crippen MR) is 80.7 cm³/mol. The van der Waals surface area contributed by atoms with Gasteiger partial charge in [0.25, 0.3) is 5.56 Å². The molecule has 0 radical (unpaired) electrons. The molecule has 20 heavy (non-hydrogen) atoms. The third kappa shape index (κ3) is 3.82. The van der Waals surface area contributed by atoms with Gasteiger partial charge in [0, 0.05) is 33.6 Å². The van der Waals surface area contributed by atoms with E-state index in [-0.39, 0.29) is 11.5 Å². The predicted octanol–water partition coefficient (Wildman–Crippen LogP) is 1.31. The number of amides is 1. The number of rotatable bonds is 6. The van der Waals surface area contributed by atoms with Crippen molar-refractivity contribution in [2.45, 2.75) is 25.8 Å². The van der Waals surface area contributed by atoms with E-state index in [1.807, 2.05) is 0 Å². The molecule has 1 aromatic rings. The smallest absolute Gasteiger partial charge is 0.283 e. The second kappa shape index (κ2) is 6.39. The molecule has 0 atom stereocenters. The highest BCUT2D eigenvalue weighted by Crippen LogP contribution is 2.30. The number of hydrogen-bond acceptors (Lipinski definition) is 4. The summed E-state index contributed by atoms with van der Waals surface area (Å²) < 4.78 is 1.98. The lowest BCUT2D eigenvalue weighted by atomic mass is 10.3. The fourth-order valence-corrected chi connectivity index (χ4v) is 2.24. The monoisotopic (exact) mass is 342 g/mol. The number of carbonyl (C=O) groups is 1. The minimum atomic E-state index is -0.124. The largest absolute Gasteiger partial charge is 0.382 e. The molecule has 1 aliphatic carbocycles. The van der Waals surface area contributed by atoms with Gasteiger partial charge in [-0.1, -0.05) is 0 Å².